The molecule has 1 nitrogen and oxygen atoms in total. The van der Waals surface area contributed by atoms with Gasteiger partial charge in [-0.15, -0.1) is 23.1 Å². The molecule has 0 bridgehead atoms. The van der Waals surface area contributed by atoms with Crippen LogP contribution in [-0.4, -0.2) is 10.2 Å². The minimum atomic E-state index is 0.0524. The van der Waals surface area contributed by atoms with Crippen molar-refractivity contribution in [1.82, 2.24) is 4.98 Å². The van der Waals surface area contributed by atoms with Crippen LogP contribution in [0.3, 0.4) is 0 Å². The number of benzene rings is 2. The first kappa shape index (κ1) is 21.9. The van der Waals surface area contributed by atoms with Gasteiger partial charge in [-0.2, -0.15) is 0 Å². The molecule has 2 atom stereocenters. The number of aromatic nitrogens is 1. The number of hydrogen-bond donors (Lipinski definition) is 0. The zero-order valence-electron chi connectivity index (χ0n) is 20.3. The Balaban J connectivity index is 1.59. The Morgan fingerprint density at radius 1 is 0.941 bits per heavy atom. The van der Waals surface area contributed by atoms with Crippen molar-refractivity contribution in [2.24, 2.45) is 5.92 Å². The van der Waals surface area contributed by atoms with Gasteiger partial charge >= 0.3 is 0 Å². The summed E-state index contributed by atoms with van der Waals surface area (Å²) < 4.78 is 0. The van der Waals surface area contributed by atoms with Gasteiger partial charge in [0.2, 0.25) is 0 Å². The summed E-state index contributed by atoms with van der Waals surface area (Å²) in [6, 6.07) is 15.8. The van der Waals surface area contributed by atoms with Crippen LogP contribution in [0.4, 0.5) is 0 Å². The fourth-order valence-corrected chi connectivity index (χ4v) is 7.53. The van der Waals surface area contributed by atoms with Gasteiger partial charge in [-0.1, -0.05) is 75.4 Å². The number of aryl methyl sites for hydroxylation is 2. The maximum Gasteiger partial charge on any atom is 0.125 e. The minimum absolute atomic E-state index is 0.0524. The molecule has 1 aliphatic carbocycles. The molecule has 4 aromatic rings. The molecule has 2 aromatic heterocycles. The highest BCUT2D eigenvalue weighted by Gasteiger charge is 2.29. The highest BCUT2D eigenvalue weighted by Crippen LogP contribution is 2.48. The second kappa shape index (κ2) is 7.96. The predicted octanol–water partition coefficient (Wildman–Crippen LogP) is 9.23. The van der Waals surface area contributed by atoms with Gasteiger partial charge in [-0.3, -0.25) is 0 Å². The van der Waals surface area contributed by atoms with Crippen LogP contribution >= 0.6 is 23.1 Å². The molecule has 0 amide bonds. The normalized spacial score (nSPS) is 19.7. The second-order valence-electron chi connectivity index (χ2n) is 10.5. The Bertz CT molecular complexity index is 1540. The van der Waals surface area contributed by atoms with Crippen LogP contribution in [0.5, 0.6) is 0 Å². The van der Waals surface area contributed by atoms with Crippen molar-refractivity contribution in [1.29, 1.82) is 0 Å². The van der Waals surface area contributed by atoms with Gasteiger partial charge in [0.1, 0.15) is 4.83 Å². The van der Waals surface area contributed by atoms with Gasteiger partial charge in [0.15, 0.2) is 0 Å². The molecule has 3 heterocycles. The van der Waals surface area contributed by atoms with Crippen LogP contribution in [0, 0.1) is 19.8 Å². The monoisotopic (exact) mass is 479 g/mol. The van der Waals surface area contributed by atoms with E-state index in [1.54, 1.807) is 0 Å². The smallest absolute Gasteiger partial charge is 0.125 e. The van der Waals surface area contributed by atoms with Gasteiger partial charge in [0.25, 0.3) is 0 Å². The molecule has 0 radical (unpaired) electrons. The maximum atomic E-state index is 5.23. The molecule has 1 aliphatic heterocycles. The lowest BCUT2D eigenvalue weighted by Gasteiger charge is -2.23. The van der Waals surface area contributed by atoms with Gasteiger partial charge in [0, 0.05) is 37.5 Å². The Morgan fingerprint density at radius 3 is 2.53 bits per heavy atom. The van der Waals surface area contributed by atoms with Crippen LogP contribution < -0.4 is 0 Å². The summed E-state index contributed by atoms with van der Waals surface area (Å²) in [5, 5.41) is 4.44. The first-order valence-corrected chi connectivity index (χ1v) is 13.7. The van der Waals surface area contributed by atoms with Crippen molar-refractivity contribution in [3.8, 4) is 11.3 Å². The molecule has 34 heavy (non-hydrogen) atoms. The summed E-state index contributed by atoms with van der Waals surface area (Å²) in [5.41, 5.74) is 6.41. The number of fused-ring (bicyclic) bond motifs is 3. The quantitative estimate of drug-likeness (QED) is 0.284. The first-order valence-electron chi connectivity index (χ1n) is 12.0. The van der Waals surface area contributed by atoms with Crippen LogP contribution in [-0.2, 0) is 5.41 Å². The summed E-state index contributed by atoms with van der Waals surface area (Å²) in [4.78, 5) is 9.13. The van der Waals surface area contributed by atoms with E-state index in [0.29, 0.717) is 11.2 Å². The van der Waals surface area contributed by atoms with Crippen LogP contribution in [0.15, 0.2) is 72.8 Å². The van der Waals surface area contributed by atoms with E-state index in [1.807, 2.05) is 23.1 Å². The molecule has 6 rings (SSSR count). The molecule has 2 aromatic carbocycles. The van der Waals surface area contributed by atoms with E-state index in [-0.39, 0.29) is 5.41 Å². The molecular formula is C31H29NS2. The first-order chi connectivity index (χ1) is 16.3. The van der Waals surface area contributed by atoms with Crippen molar-refractivity contribution in [2.45, 2.75) is 45.3 Å². The zero-order valence-corrected chi connectivity index (χ0v) is 22.0. The lowest BCUT2D eigenvalue weighted by atomic mass is 9.82. The number of thiophene rings is 1. The molecule has 2 unspecified atom stereocenters. The zero-order chi connectivity index (χ0) is 23.6. The van der Waals surface area contributed by atoms with Crippen molar-refractivity contribution >= 4 is 49.0 Å². The topological polar surface area (TPSA) is 12.9 Å². The average Bonchev–Trinajstić information content (AvgIpc) is 3.38. The number of rotatable bonds is 2. The fourth-order valence-electron chi connectivity index (χ4n) is 5.16. The molecule has 2 aliphatic rings. The van der Waals surface area contributed by atoms with E-state index in [4.69, 9.17) is 4.98 Å². The molecule has 0 N–H and O–H groups in total. The molecule has 0 saturated heterocycles. The second-order valence-corrected chi connectivity index (χ2v) is 12.9. The molecular weight excluding hydrogens is 450 g/mol. The summed E-state index contributed by atoms with van der Waals surface area (Å²) in [6.45, 7) is 11.4. The molecule has 170 valence electrons. The highest BCUT2D eigenvalue weighted by atomic mass is 32.2. The molecule has 0 spiro atoms. The largest absolute Gasteiger partial charge is 0.237 e. The molecule has 3 heteroatoms. The average molecular weight is 480 g/mol. The lowest BCUT2D eigenvalue weighted by Crippen LogP contribution is -2.12. The standard InChI is InChI=1S/C31H29NS2/c1-18-19(2)33-30-29(18)24(28-16-21-11-7-9-13-27(21)34-28)17-26(32-30)22-14-20-10-6-8-12-23(20)25(15-22)31(3,4)5/h6-17,21,27H,1-5H3. The van der Waals surface area contributed by atoms with Crippen molar-refractivity contribution in [3.63, 3.8) is 0 Å². The predicted molar refractivity (Wildman–Crippen MR) is 152 cm³/mol. The number of nitrogens with zero attached hydrogens (tertiary/aromatic N) is 1. The van der Waals surface area contributed by atoms with E-state index >= 15 is 0 Å². The number of thioether (sulfide) groups is 1. The third-order valence-electron chi connectivity index (χ3n) is 7.10. The lowest BCUT2D eigenvalue weighted by molar-refractivity contribution is 0.596. The SMILES string of the molecule is Cc1sc2nc(-c3cc(C(C)(C)C)c4ccccc4c3)cc(C3=CC4C=CC=CC4S3)c2c1C. The number of hydrogen-bond acceptors (Lipinski definition) is 3. The van der Waals surface area contributed by atoms with E-state index in [2.05, 4.69) is 107 Å². The Labute approximate surface area is 210 Å². The summed E-state index contributed by atoms with van der Waals surface area (Å²) in [7, 11) is 0. The van der Waals surface area contributed by atoms with Crippen LogP contribution in [0.2, 0.25) is 0 Å². The number of allylic oxidation sites excluding steroid dienone is 4. The Kier molecular flexibility index (Phi) is 5.13. The minimum Gasteiger partial charge on any atom is -0.237 e. The van der Waals surface area contributed by atoms with E-state index in [0.717, 1.165) is 10.5 Å². The number of pyridine rings is 1. The highest BCUT2D eigenvalue weighted by molar-refractivity contribution is 8.09. The Hall–Kier alpha value is -2.62. The van der Waals surface area contributed by atoms with E-state index in [9.17, 15) is 0 Å². The van der Waals surface area contributed by atoms with Gasteiger partial charge in [-0.25, -0.2) is 4.98 Å². The fraction of sp³-hybridized carbons (Fsp3) is 0.258. The molecule has 0 saturated carbocycles. The van der Waals surface area contributed by atoms with Crippen LogP contribution in [0.25, 0.3) is 37.2 Å². The summed E-state index contributed by atoms with van der Waals surface area (Å²) in [6.07, 6.45) is 11.5. The third-order valence-corrected chi connectivity index (χ3v) is 9.56. The van der Waals surface area contributed by atoms with Gasteiger partial charge in [0.05, 0.1) is 5.69 Å². The van der Waals surface area contributed by atoms with Crippen molar-refractivity contribution in [2.75, 3.05) is 0 Å². The Morgan fingerprint density at radius 2 is 1.74 bits per heavy atom. The van der Waals surface area contributed by atoms with Gasteiger partial charge in [-0.05, 0) is 59.4 Å². The summed E-state index contributed by atoms with van der Waals surface area (Å²) >= 11 is 3.82. The maximum absolute atomic E-state index is 5.23. The summed E-state index contributed by atoms with van der Waals surface area (Å²) in [5.74, 6) is 0.477. The van der Waals surface area contributed by atoms with E-state index in [1.165, 1.54) is 48.2 Å². The molecule has 0 fully saturated rings. The third kappa shape index (κ3) is 3.57. The van der Waals surface area contributed by atoms with E-state index < -0.39 is 0 Å². The van der Waals surface area contributed by atoms with Gasteiger partial charge < -0.3 is 0 Å². The van der Waals surface area contributed by atoms with Crippen molar-refractivity contribution < 1.29 is 0 Å². The van der Waals surface area contributed by atoms with Crippen molar-refractivity contribution in [3.05, 3.63) is 94.4 Å². The van der Waals surface area contributed by atoms with Crippen LogP contribution in [0.1, 0.15) is 42.3 Å².